The van der Waals surface area contributed by atoms with Crippen LogP contribution in [0.1, 0.15) is 55.2 Å². The minimum Gasteiger partial charge on any atom is -0.340 e. The van der Waals surface area contributed by atoms with Crippen molar-refractivity contribution in [3.8, 4) is 23.0 Å². The van der Waals surface area contributed by atoms with Gasteiger partial charge >= 0.3 is 0 Å². The molecule has 1 fully saturated rings. The van der Waals surface area contributed by atoms with Gasteiger partial charge in [0, 0.05) is 29.4 Å². The number of nitrogens with zero attached hydrogens (tertiary/aromatic N) is 8. The summed E-state index contributed by atoms with van der Waals surface area (Å²) in [6.45, 7) is 1.58. The Kier molecular flexibility index (Phi) is 6.15. The Balaban J connectivity index is 1.32. The Morgan fingerprint density at radius 2 is 2.05 bits per heavy atom. The van der Waals surface area contributed by atoms with Crippen molar-refractivity contribution in [3.05, 3.63) is 76.7 Å². The number of pyridine rings is 1. The molecule has 0 spiro atoms. The van der Waals surface area contributed by atoms with E-state index in [4.69, 9.17) is 11.6 Å². The summed E-state index contributed by atoms with van der Waals surface area (Å²) >= 11 is 6.10. The van der Waals surface area contributed by atoms with E-state index in [2.05, 4.69) is 30.5 Å². The molecule has 0 radical (unpaired) electrons. The maximum absolute atomic E-state index is 15.3. The van der Waals surface area contributed by atoms with Gasteiger partial charge in [0.05, 0.1) is 46.3 Å². The summed E-state index contributed by atoms with van der Waals surface area (Å²) in [5.41, 5.74) is 1.79. The highest BCUT2D eigenvalue weighted by Gasteiger charge is 2.42. The zero-order chi connectivity index (χ0) is 27.3. The molecule has 1 amide bonds. The van der Waals surface area contributed by atoms with Crippen molar-refractivity contribution in [2.75, 3.05) is 0 Å². The lowest BCUT2D eigenvalue weighted by Crippen LogP contribution is -2.39. The van der Waals surface area contributed by atoms with Gasteiger partial charge in [-0.3, -0.25) is 9.78 Å². The van der Waals surface area contributed by atoms with Crippen LogP contribution in [0.25, 0.3) is 22.5 Å². The second-order valence-electron chi connectivity index (χ2n) is 9.47. The van der Waals surface area contributed by atoms with E-state index >= 15 is 8.78 Å². The van der Waals surface area contributed by atoms with Crippen LogP contribution in [0.3, 0.4) is 0 Å². The normalized spacial score (nSPS) is 19.5. The molecule has 0 bridgehead atoms. The van der Waals surface area contributed by atoms with Crippen LogP contribution in [0.5, 0.6) is 0 Å². The van der Waals surface area contributed by atoms with Crippen LogP contribution in [-0.4, -0.2) is 52.0 Å². The number of benzene rings is 1. The Labute approximate surface area is 225 Å². The highest BCUT2D eigenvalue weighted by Crippen LogP contribution is 2.44. The number of H-pyrrole nitrogens is 1. The van der Waals surface area contributed by atoms with Crippen molar-refractivity contribution in [1.82, 2.24) is 40.1 Å². The lowest BCUT2D eigenvalue weighted by Gasteiger charge is -2.33. The summed E-state index contributed by atoms with van der Waals surface area (Å²) in [7, 11) is 0. The Bertz CT molecular complexity index is 1660. The van der Waals surface area contributed by atoms with E-state index in [1.165, 1.54) is 41.6 Å². The first-order chi connectivity index (χ1) is 18.9. The molecule has 1 saturated heterocycles. The predicted molar refractivity (Wildman–Crippen MR) is 135 cm³/mol. The molecular weight excluding hydrogens is 528 g/mol. The number of nitrogens with one attached hydrogen (secondary N) is 1. The van der Waals surface area contributed by atoms with Crippen molar-refractivity contribution in [2.45, 2.75) is 44.2 Å². The van der Waals surface area contributed by atoms with Crippen LogP contribution in [0.2, 0.25) is 5.02 Å². The highest BCUT2D eigenvalue weighted by molar-refractivity contribution is 6.31. The quantitative estimate of drug-likeness (QED) is 0.388. The lowest BCUT2D eigenvalue weighted by atomic mass is 9.92. The summed E-state index contributed by atoms with van der Waals surface area (Å²) in [4.78, 5) is 26.8. The lowest BCUT2D eigenvalue weighted by molar-refractivity contribution is -0.129. The van der Waals surface area contributed by atoms with Gasteiger partial charge in [-0.2, -0.15) is 9.94 Å². The number of nitriles is 1. The van der Waals surface area contributed by atoms with Crippen molar-refractivity contribution < 1.29 is 13.6 Å². The third-order valence-corrected chi connectivity index (χ3v) is 7.51. The number of hydrogen-bond donors (Lipinski definition) is 1. The number of fused-ring (bicyclic) bond motifs is 1. The maximum Gasteiger partial charge on any atom is 0.247 e. The van der Waals surface area contributed by atoms with E-state index in [1.807, 2.05) is 6.07 Å². The maximum atomic E-state index is 15.3. The SMILES string of the molecule is C[C@H](C#N)c1nccc(-c2cnc([C@@H]3CCC4CC(c5c(-n6cnnn6)ccc(Cl)c5F)=CC(=O)N43)[nH]2)c1F. The molecule has 0 saturated carbocycles. The molecule has 1 aromatic carbocycles. The van der Waals surface area contributed by atoms with E-state index in [-0.39, 0.29) is 39.8 Å². The van der Waals surface area contributed by atoms with Crippen LogP contribution >= 0.6 is 11.6 Å². The average Bonchev–Trinajstić information content (AvgIpc) is 3.71. The van der Waals surface area contributed by atoms with Gasteiger partial charge in [-0.1, -0.05) is 11.6 Å². The number of hydrogen-bond acceptors (Lipinski definition) is 7. The molecule has 4 aromatic rings. The Morgan fingerprint density at radius 3 is 2.82 bits per heavy atom. The van der Waals surface area contributed by atoms with E-state index < -0.39 is 17.6 Å². The fourth-order valence-corrected chi connectivity index (χ4v) is 5.54. The van der Waals surface area contributed by atoms with E-state index in [0.29, 0.717) is 42.0 Å². The van der Waals surface area contributed by atoms with E-state index in [0.717, 1.165) is 0 Å². The second-order valence-corrected chi connectivity index (χ2v) is 9.87. The molecule has 3 atom stereocenters. The van der Waals surface area contributed by atoms with Gasteiger partial charge in [-0.05, 0) is 60.4 Å². The van der Waals surface area contributed by atoms with Gasteiger partial charge in [0.15, 0.2) is 11.6 Å². The highest BCUT2D eigenvalue weighted by atomic mass is 35.5. The molecule has 196 valence electrons. The number of aromatic amines is 1. The van der Waals surface area contributed by atoms with Gasteiger partial charge in [-0.15, -0.1) is 5.10 Å². The summed E-state index contributed by atoms with van der Waals surface area (Å²) in [5, 5.41) is 20.2. The minimum atomic E-state index is -0.708. The number of imidazole rings is 1. The topological polar surface area (TPSA) is 129 Å². The second kappa shape index (κ2) is 9.67. The number of carbonyl (C=O) groups excluding carboxylic acids is 1. The molecule has 0 aliphatic carbocycles. The third-order valence-electron chi connectivity index (χ3n) is 7.22. The summed E-state index contributed by atoms with van der Waals surface area (Å²) in [6, 6.07) is 5.99. The first-order valence-electron chi connectivity index (χ1n) is 12.2. The van der Waals surface area contributed by atoms with Crippen LogP contribution in [0.15, 0.2) is 43.0 Å². The molecule has 5 heterocycles. The largest absolute Gasteiger partial charge is 0.340 e. The average molecular weight is 548 g/mol. The monoisotopic (exact) mass is 547 g/mol. The molecule has 2 aliphatic rings. The van der Waals surface area contributed by atoms with Crippen molar-refractivity contribution >= 4 is 23.1 Å². The third kappa shape index (κ3) is 4.15. The van der Waals surface area contributed by atoms with Gasteiger partial charge in [0.25, 0.3) is 0 Å². The van der Waals surface area contributed by atoms with Crippen LogP contribution in [0.4, 0.5) is 8.78 Å². The molecule has 6 rings (SSSR count). The van der Waals surface area contributed by atoms with Gasteiger partial charge in [0.2, 0.25) is 5.91 Å². The fraction of sp³-hybridized carbons (Fsp3) is 0.269. The first kappa shape index (κ1) is 24.8. The number of rotatable bonds is 5. The Hall–Kier alpha value is -4.50. The summed E-state index contributed by atoms with van der Waals surface area (Å²) in [5.74, 6) is -1.71. The number of carbonyl (C=O) groups is 1. The first-order valence-corrected chi connectivity index (χ1v) is 12.6. The van der Waals surface area contributed by atoms with Crippen molar-refractivity contribution in [1.29, 1.82) is 5.26 Å². The van der Waals surface area contributed by atoms with Crippen molar-refractivity contribution in [2.24, 2.45) is 0 Å². The van der Waals surface area contributed by atoms with E-state index in [1.54, 1.807) is 17.9 Å². The molecule has 1 N–H and O–H groups in total. The molecule has 13 heteroatoms. The minimum absolute atomic E-state index is 0.0604. The smallest absolute Gasteiger partial charge is 0.247 e. The van der Waals surface area contributed by atoms with Gasteiger partial charge < -0.3 is 9.88 Å². The molecule has 3 aromatic heterocycles. The van der Waals surface area contributed by atoms with Crippen LogP contribution in [-0.2, 0) is 4.79 Å². The molecule has 2 aliphatic heterocycles. The predicted octanol–water partition coefficient (Wildman–Crippen LogP) is 4.53. The van der Waals surface area contributed by atoms with Crippen molar-refractivity contribution in [3.63, 3.8) is 0 Å². The number of aromatic nitrogens is 7. The summed E-state index contributed by atoms with van der Waals surface area (Å²) in [6.07, 6.45) is 7.41. The standard InChI is InChI=1S/C26H20ClF2N9O/c1-13(10-30)25-23(28)16(6-7-31-25)18-11-32-26(34-18)20-4-2-15-8-14(9-21(39)38(15)20)22-19(37-12-33-35-36-37)5-3-17(27)24(22)29/h3,5-7,9,11-13,15,20H,2,4,8H2,1H3,(H,32,34)/t13-,15?,20+/m1/s1. The zero-order valence-electron chi connectivity index (χ0n) is 20.5. The number of tetrazole rings is 1. The zero-order valence-corrected chi connectivity index (χ0v) is 21.3. The molecule has 39 heavy (non-hydrogen) atoms. The molecule has 1 unspecified atom stereocenters. The van der Waals surface area contributed by atoms with Crippen LogP contribution in [0, 0.1) is 23.0 Å². The van der Waals surface area contributed by atoms with Gasteiger partial charge in [-0.25, -0.2) is 13.8 Å². The van der Waals surface area contributed by atoms with Crippen LogP contribution < -0.4 is 0 Å². The Morgan fingerprint density at radius 1 is 1.21 bits per heavy atom. The fourth-order valence-electron chi connectivity index (χ4n) is 5.38. The molecular formula is C26H20ClF2N9O. The number of halogens is 3. The molecule has 10 nitrogen and oxygen atoms in total. The summed E-state index contributed by atoms with van der Waals surface area (Å²) < 4.78 is 31.8. The van der Waals surface area contributed by atoms with Gasteiger partial charge in [0.1, 0.15) is 12.2 Å². The number of amides is 1. The van der Waals surface area contributed by atoms with E-state index in [9.17, 15) is 10.1 Å².